The SMILES string of the molecule is CC(C)(C)OC(=O)NC(Cc1cc(F)cc(F)c1)c1nc(NCCn2ccnn2)ncc1-c1ccc(F)c(C(N)=O)c1. The average molecular weight is 583 g/mol. The second kappa shape index (κ2) is 12.7. The van der Waals surface area contributed by atoms with Crippen LogP contribution in [0.2, 0.25) is 0 Å². The number of amides is 2. The summed E-state index contributed by atoms with van der Waals surface area (Å²) in [7, 11) is 0. The molecule has 0 fully saturated rings. The molecule has 0 spiro atoms. The lowest BCUT2D eigenvalue weighted by Crippen LogP contribution is -2.36. The quantitative estimate of drug-likeness (QED) is 0.252. The highest BCUT2D eigenvalue weighted by Crippen LogP contribution is 2.31. The van der Waals surface area contributed by atoms with Crippen LogP contribution in [0.15, 0.2) is 55.0 Å². The Hall–Kier alpha value is -5.01. The summed E-state index contributed by atoms with van der Waals surface area (Å²) in [5.41, 5.74) is 5.18. The van der Waals surface area contributed by atoms with Crippen molar-refractivity contribution in [3.63, 3.8) is 0 Å². The maximum atomic E-state index is 14.3. The summed E-state index contributed by atoms with van der Waals surface area (Å²) < 4.78 is 49.6. The van der Waals surface area contributed by atoms with Gasteiger partial charge in [0.1, 0.15) is 23.1 Å². The summed E-state index contributed by atoms with van der Waals surface area (Å²) in [5, 5.41) is 13.4. The Morgan fingerprint density at radius 2 is 1.83 bits per heavy atom. The predicted molar refractivity (Wildman–Crippen MR) is 147 cm³/mol. The summed E-state index contributed by atoms with van der Waals surface area (Å²) in [4.78, 5) is 33.8. The molecule has 14 heteroatoms. The molecular formula is C28H29F3N8O3. The van der Waals surface area contributed by atoms with Gasteiger partial charge in [0, 0.05) is 30.6 Å². The summed E-state index contributed by atoms with van der Waals surface area (Å²) in [6, 6.07) is 5.69. The number of nitrogens with zero attached hydrogens (tertiary/aromatic N) is 5. The Kier molecular flexibility index (Phi) is 9.03. The van der Waals surface area contributed by atoms with Gasteiger partial charge in [-0.25, -0.2) is 27.9 Å². The van der Waals surface area contributed by atoms with E-state index in [0.717, 1.165) is 24.3 Å². The number of rotatable bonds is 10. The lowest BCUT2D eigenvalue weighted by Gasteiger charge is -2.25. The number of carbonyl (C=O) groups is 2. The Morgan fingerprint density at radius 3 is 2.48 bits per heavy atom. The number of carbonyl (C=O) groups excluding carboxylic acids is 2. The number of benzene rings is 2. The van der Waals surface area contributed by atoms with E-state index in [1.165, 1.54) is 24.5 Å². The fourth-order valence-electron chi connectivity index (χ4n) is 4.11. The van der Waals surface area contributed by atoms with Gasteiger partial charge in [0.2, 0.25) is 5.95 Å². The van der Waals surface area contributed by atoms with Gasteiger partial charge in [0.15, 0.2) is 0 Å². The maximum Gasteiger partial charge on any atom is 0.408 e. The lowest BCUT2D eigenvalue weighted by atomic mass is 9.95. The van der Waals surface area contributed by atoms with Gasteiger partial charge in [-0.3, -0.25) is 9.48 Å². The number of aromatic nitrogens is 5. The summed E-state index contributed by atoms with van der Waals surface area (Å²) in [6.07, 6.45) is 3.72. The molecule has 1 atom stereocenters. The molecule has 0 saturated carbocycles. The van der Waals surface area contributed by atoms with Gasteiger partial charge in [0.05, 0.1) is 30.0 Å². The number of anilines is 1. The molecule has 1 unspecified atom stereocenters. The Balaban J connectivity index is 1.79. The largest absolute Gasteiger partial charge is 0.444 e. The first kappa shape index (κ1) is 30.0. The smallest absolute Gasteiger partial charge is 0.408 e. The van der Waals surface area contributed by atoms with Crippen molar-refractivity contribution in [2.75, 3.05) is 11.9 Å². The molecule has 0 aliphatic rings. The van der Waals surface area contributed by atoms with E-state index in [1.807, 2.05) is 0 Å². The van der Waals surface area contributed by atoms with E-state index in [0.29, 0.717) is 24.2 Å². The van der Waals surface area contributed by atoms with Crippen LogP contribution >= 0.6 is 0 Å². The molecule has 4 rings (SSSR count). The molecule has 4 N–H and O–H groups in total. The molecule has 0 aliphatic carbocycles. The normalized spacial score (nSPS) is 12.0. The number of alkyl carbamates (subject to hydrolysis) is 1. The highest BCUT2D eigenvalue weighted by Gasteiger charge is 2.26. The number of nitrogens with one attached hydrogen (secondary N) is 2. The maximum absolute atomic E-state index is 14.3. The van der Waals surface area contributed by atoms with E-state index in [2.05, 4.69) is 30.9 Å². The van der Waals surface area contributed by atoms with Crippen molar-refractivity contribution in [1.29, 1.82) is 0 Å². The lowest BCUT2D eigenvalue weighted by molar-refractivity contribution is 0.0502. The highest BCUT2D eigenvalue weighted by molar-refractivity contribution is 5.94. The molecule has 2 aromatic heterocycles. The van der Waals surface area contributed by atoms with Gasteiger partial charge in [-0.2, -0.15) is 0 Å². The van der Waals surface area contributed by atoms with Gasteiger partial charge in [-0.1, -0.05) is 11.3 Å². The van der Waals surface area contributed by atoms with Crippen LogP contribution in [0.4, 0.5) is 23.9 Å². The number of hydrogen-bond acceptors (Lipinski definition) is 8. The Bertz CT molecular complexity index is 1560. The number of hydrogen-bond donors (Lipinski definition) is 3. The topological polar surface area (TPSA) is 150 Å². The summed E-state index contributed by atoms with van der Waals surface area (Å²) >= 11 is 0. The first-order chi connectivity index (χ1) is 19.9. The van der Waals surface area contributed by atoms with Crippen LogP contribution in [-0.4, -0.2) is 49.1 Å². The van der Waals surface area contributed by atoms with Crippen LogP contribution in [0.5, 0.6) is 0 Å². The third kappa shape index (κ3) is 8.02. The molecule has 2 heterocycles. The monoisotopic (exact) mass is 582 g/mol. The van der Waals surface area contributed by atoms with E-state index < -0.39 is 41.1 Å². The second-order valence-electron chi connectivity index (χ2n) is 10.3. The second-order valence-corrected chi connectivity index (χ2v) is 10.3. The van der Waals surface area contributed by atoms with E-state index in [1.54, 1.807) is 31.6 Å². The third-order valence-electron chi connectivity index (χ3n) is 5.84. The van der Waals surface area contributed by atoms with Crippen molar-refractivity contribution >= 4 is 17.9 Å². The molecule has 11 nitrogen and oxygen atoms in total. The molecule has 0 saturated heterocycles. The van der Waals surface area contributed by atoms with Gasteiger partial charge in [-0.15, -0.1) is 5.10 Å². The minimum absolute atomic E-state index is 0.111. The minimum atomic E-state index is -1.02. The molecule has 0 aliphatic heterocycles. The van der Waals surface area contributed by atoms with Crippen molar-refractivity contribution < 1.29 is 27.5 Å². The minimum Gasteiger partial charge on any atom is -0.444 e. The zero-order valence-corrected chi connectivity index (χ0v) is 23.1. The van der Waals surface area contributed by atoms with Crippen LogP contribution in [0.1, 0.15) is 48.4 Å². The number of nitrogens with two attached hydrogens (primary N) is 1. The van der Waals surface area contributed by atoms with Crippen molar-refractivity contribution in [3.05, 3.63) is 89.3 Å². The van der Waals surface area contributed by atoms with Crippen LogP contribution < -0.4 is 16.4 Å². The predicted octanol–water partition coefficient (Wildman–Crippen LogP) is 4.17. The molecule has 4 aromatic rings. The van der Waals surface area contributed by atoms with E-state index in [4.69, 9.17) is 10.5 Å². The van der Waals surface area contributed by atoms with Crippen molar-refractivity contribution in [1.82, 2.24) is 30.3 Å². The summed E-state index contributed by atoms with van der Waals surface area (Å²) in [6.45, 7) is 5.83. The fourth-order valence-corrected chi connectivity index (χ4v) is 4.11. The fraction of sp³-hybridized carbons (Fsp3) is 0.286. The first-order valence-corrected chi connectivity index (χ1v) is 12.9. The van der Waals surface area contributed by atoms with Gasteiger partial charge < -0.3 is 21.1 Å². The molecule has 42 heavy (non-hydrogen) atoms. The van der Waals surface area contributed by atoms with E-state index in [-0.39, 0.29) is 29.2 Å². The number of ether oxygens (including phenoxy) is 1. The molecule has 0 radical (unpaired) electrons. The van der Waals surface area contributed by atoms with Gasteiger partial charge in [-0.05, 0) is 62.6 Å². The van der Waals surface area contributed by atoms with E-state index >= 15 is 0 Å². The standard InChI is InChI=1S/C28H29F3N8O3/c1-28(2,3)42-27(41)36-23(12-16-10-18(29)14-19(30)11-16)24-21(17-4-5-22(31)20(13-17)25(32)40)15-34-26(37-24)33-6-8-39-9-7-35-38-39/h4-5,7,9-11,13-15,23H,6,8,12H2,1-3H3,(H2,32,40)(H,36,41)(H,33,34,37). The van der Waals surface area contributed by atoms with Crippen molar-refractivity contribution in [2.45, 2.75) is 45.4 Å². The zero-order valence-electron chi connectivity index (χ0n) is 23.1. The van der Waals surface area contributed by atoms with E-state index in [9.17, 15) is 22.8 Å². The molecule has 2 aromatic carbocycles. The zero-order chi connectivity index (χ0) is 30.4. The molecule has 220 valence electrons. The van der Waals surface area contributed by atoms with Crippen LogP contribution in [0, 0.1) is 17.5 Å². The van der Waals surface area contributed by atoms with Crippen LogP contribution in [0.3, 0.4) is 0 Å². The highest BCUT2D eigenvalue weighted by atomic mass is 19.1. The van der Waals surface area contributed by atoms with Crippen LogP contribution in [-0.2, 0) is 17.7 Å². The van der Waals surface area contributed by atoms with Gasteiger partial charge in [0.25, 0.3) is 5.91 Å². The first-order valence-electron chi connectivity index (χ1n) is 12.9. The Morgan fingerprint density at radius 1 is 1.10 bits per heavy atom. The third-order valence-corrected chi connectivity index (χ3v) is 5.84. The van der Waals surface area contributed by atoms with Crippen molar-refractivity contribution in [2.24, 2.45) is 5.73 Å². The van der Waals surface area contributed by atoms with Gasteiger partial charge >= 0.3 is 6.09 Å². The van der Waals surface area contributed by atoms with Crippen LogP contribution in [0.25, 0.3) is 11.1 Å². The molecule has 2 amide bonds. The Labute approximate surface area is 239 Å². The molecule has 0 bridgehead atoms. The van der Waals surface area contributed by atoms with Crippen molar-refractivity contribution in [3.8, 4) is 11.1 Å². The number of primary amides is 1. The average Bonchev–Trinajstić information content (AvgIpc) is 3.40. The molecular weight excluding hydrogens is 553 g/mol. The number of halogens is 3. The summed E-state index contributed by atoms with van der Waals surface area (Å²) in [5.74, 6) is -3.25.